The van der Waals surface area contributed by atoms with Crippen molar-refractivity contribution in [1.29, 1.82) is 0 Å². The van der Waals surface area contributed by atoms with E-state index < -0.39 is 11.6 Å². The van der Waals surface area contributed by atoms with Crippen molar-refractivity contribution in [3.05, 3.63) is 71.8 Å². The van der Waals surface area contributed by atoms with Gasteiger partial charge >= 0.3 is 12.0 Å². The number of carbonyl (C=O) groups is 2. The Morgan fingerprint density at radius 3 is 2.08 bits per heavy atom. The lowest BCUT2D eigenvalue weighted by Crippen LogP contribution is -2.66. The Bertz CT molecular complexity index is 1010. The molecule has 2 aromatic rings. The SMILES string of the molecule is O=C(NCC[N+]12CCC(CC1)[C@@H](OC(=O)C(O)(c1ccccc1)c1ccccc1)C2)NC1CCCCC1. The van der Waals surface area contributed by atoms with E-state index in [0.29, 0.717) is 29.6 Å². The Labute approximate surface area is 219 Å². The molecular formula is C30H40N3O4+. The van der Waals surface area contributed by atoms with Crippen molar-refractivity contribution < 1.29 is 23.9 Å². The lowest BCUT2D eigenvalue weighted by atomic mass is 9.82. The number of hydrogen-bond donors (Lipinski definition) is 3. The van der Waals surface area contributed by atoms with Gasteiger partial charge in [-0.1, -0.05) is 79.9 Å². The van der Waals surface area contributed by atoms with E-state index in [1.165, 1.54) is 19.3 Å². The molecule has 1 saturated carbocycles. The number of quaternary nitrogens is 1. The fraction of sp³-hybridized carbons (Fsp3) is 0.533. The van der Waals surface area contributed by atoms with Gasteiger partial charge in [-0.3, -0.25) is 0 Å². The zero-order valence-corrected chi connectivity index (χ0v) is 21.6. The fourth-order valence-electron chi connectivity index (χ4n) is 6.54. The summed E-state index contributed by atoms with van der Waals surface area (Å²) in [5.74, 6) is -0.311. The molecule has 4 aliphatic rings. The minimum Gasteiger partial charge on any atom is -0.453 e. The average Bonchev–Trinajstić information content (AvgIpc) is 2.94. The number of aliphatic hydroxyl groups is 1. The Kier molecular flexibility index (Phi) is 7.81. The van der Waals surface area contributed by atoms with E-state index >= 15 is 0 Å². The van der Waals surface area contributed by atoms with E-state index in [-0.39, 0.29) is 12.1 Å². The molecule has 0 unspecified atom stereocenters. The van der Waals surface area contributed by atoms with Gasteiger partial charge in [0.1, 0.15) is 6.54 Å². The summed E-state index contributed by atoms with van der Waals surface area (Å²) in [6, 6.07) is 18.3. The standard InChI is InChI=1S/C30H39N3O4/c34-28(30(36,24-10-4-1-5-11-24)25-12-6-2-7-13-25)37-27-22-33(19-16-23(27)17-20-33)21-18-31-29(35)32-26-14-8-3-9-15-26/h1-2,4-7,10-13,23,26-27,36H,3,8-9,14-22H2,(H-,31,32,35)/p+1/t23?,27-,33?/m0/s1. The number of piperidine rings is 3. The van der Waals surface area contributed by atoms with E-state index in [2.05, 4.69) is 10.6 Å². The van der Waals surface area contributed by atoms with Crippen LogP contribution in [0.5, 0.6) is 0 Å². The minimum atomic E-state index is -1.86. The minimum absolute atomic E-state index is 0.0734. The third kappa shape index (κ3) is 5.68. The Morgan fingerprint density at radius 1 is 0.892 bits per heavy atom. The molecule has 4 fully saturated rings. The topological polar surface area (TPSA) is 87.7 Å². The highest BCUT2D eigenvalue weighted by Gasteiger charge is 2.50. The van der Waals surface area contributed by atoms with Crippen molar-refractivity contribution >= 4 is 12.0 Å². The van der Waals surface area contributed by atoms with E-state index in [0.717, 1.165) is 56.3 Å². The molecule has 0 spiro atoms. The van der Waals surface area contributed by atoms with Gasteiger partial charge in [0.15, 0.2) is 6.10 Å². The highest BCUT2D eigenvalue weighted by molar-refractivity contribution is 5.85. The number of urea groups is 1. The first-order valence-electron chi connectivity index (χ1n) is 13.9. The van der Waals surface area contributed by atoms with E-state index in [1.54, 1.807) is 24.3 Å². The van der Waals surface area contributed by atoms with Crippen molar-refractivity contribution in [3.8, 4) is 0 Å². The van der Waals surface area contributed by atoms with Crippen LogP contribution in [0.1, 0.15) is 56.1 Å². The molecule has 2 amide bonds. The summed E-state index contributed by atoms with van der Waals surface area (Å²) in [6.07, 6.45) is 7.51. The molecule has 3 aliphatic heterocycles. The second-order valence-electron chi connectivity index (χ2n) is 11.2. The quantitative estimate of drug-likeness (QED) is 0.376. The van der Waals surface area contributed by atoms with Crippen molar-refractivity contribution in [1.82, 2.24) is 10.6 Å². The molecule has 2 aromatic carbocycles. The number of carbonyl (C=O) groups excluding carboxylic acids is 2. The molecule has 3 saturated heterocycles. The number of amides is 2. The predicted octanol–water partition coefficient (Wildman–Crippen LogP) is 3.71. The maximum atomic E-state index is 13.7. The number of esters is 1. The highest BCUT2D eigenvalue weighted by atomic mass is 16.6. The molecule has 1 atom stereocenters. The molecule has 37 heavy (non-hydrogen) atoms. The Balaban J connectivity index is 1.22. The van der Waals surface area contributed by atoms with Crippen LogP contribution in [0, 0.1) is 5.92 Å². The number of nitrogens with one attached hydrogen (secondary N) is 2. The van der Waals surface area contributed by atoms with E-state index in [9.17, 15) is 14.7 Å². The first-order valence-corrected chi connectivity index (χ1v) is 13.9. The van der Waals surface area contributed by atoms with Crippen LogP contribution in [0.4, 0.5) is 4.79 Å². The summed E-state index contributed by atoms with van der Waals surface area (Å²) < 4.78 is 6.99. The van der Waals surface area contributed by atoms with E-state index in [1.807, 2.05) is 36.4 Å². The first-order chi connectivity index (χ1) is 18.0. The summed E-state index contributed by atoms with van der Waals surface area (Å²) in [5.41, 5.74) is -0.855. The number of rotatable bonds is 8. The third-order valence-corrected chi connectivity index (χ3v) is 8.79. The van der Waals surface area contributed by atoms with Gasteiger partial charge in [0.05, 0.1) is 26.2 Å². The summed E-state index contributed by atoms with van der Waals surface area (Å²) >= 11 is 0. The summed E-state index contributed by atoms with van der Waals surface area (Å²) in [4.78, 5) is 26.1. The number of hydrogen-bond acceptors (Lipinski definition) is 4. The van der Waals surface area contributed by atoms with Gasteiger partial charge in [-0.25, -0.2) is 9.59 Å². The zero-order valence-electron chi connectivity index (χ0n) is 21.6. The number of benzene rings is 2. The molecule has 6 rings (SSSR count). The zero-order chi connectivity index (χ0) is 25.7. The van der Waals surface area contributed by atoms with Gasteiger partial charge in [-0.2, -0.15) is 0 Å². The molecular weight excluding hydrogens is 466 g/mol. The van der Waals surface area contributed by atoms with Crippen LogP contribution >= 0.6 is 0 Å². The maximum Gasteiger partial charge on any atom is 0.348 e. The second-order valence-corrected chi connectivity index (χ2v) is 11.2. The van der Waals surface area contributed by atoms with Gasteiger partial charge in [-0.15, -0.1) is 0 Å². The van der Waals surface area contributed by atoms with Gasteiger partial charge < -0.3 is 25.0 Å². The van der Waals surface area contributed by atoms with Gasteiger partial charge in [0.2, 0.25) is 5.60 Å². The monoisotopic (exact) mass is 506 g/mol. The molecule has 198 valence electrons. The first kappa shape index (κ1) is 25.7. The summed E-state index contributed by atoms with van der Waals surface area (Å²) in [6.45, 7) is 4.21. The van der Waals surface area contributed by atoms with Crippen LogP contribution in [0.25, 0.3) is 0 Å². The van der Waals surface area contributed by atoms with Crippen LogP contribution in [0.15, 0.2) is 60.7 Å². The van der Waals surface area contributed by atoms with Crippen LogP contribution in [-0.4, -0.2) is 66.5 Å². The van der Waals surface area contributed by atoms with E-state index in [4.69, 9.17) is 4.74 Å². The molecule has 7 heteroatoms. The molecule has 1 aliphatic carbocycles. The van der Waals surface area contributed by atoms with Crippen molar-refractivity contribution in [2.24, 2.45) is 5.92 Å². The van der Waals surface area contributed by atoms with Gasteiger partial charge in [0.25, 0.3) is 0 Å². The molecule has 7 nitrogen and oxygen atoms in total. The van der Waals surface area contributed by atoms with Crippen molar-refractivity contribution in [2.75, 3.05) is 32.7 Å². The number of fused-ring (bicyclic) bond motifs is 3. The maximum absolute atomic E-state index is 13.7. The smallest absolute Gasteiger partial charge is 0.348 e. The van der Waals surface area contributed by atoms with Crippen LogP contribution < -0.4 is 10.6 Å². The lowest BCUT2D eigenvalue weighted by molar-refractivity contribution is -0.945. The van der Waals surface area contributed by atoms with Gasteiger partial charge in [-0.05, 0) is 24.0 Å². The third-order valence-electron chi connectivity index (χ3n) is 8.79. The van der Waals surface area contributed by atoms with Crippen LogP contribution in [0.2, 0.25) is 0 Å². The lowest BCUT2D eigenvalue weighted by Gasteiger charge is -2.52. The van der Waals surface area contributed by atoms with Crippen molar-refractivity contribution in [2.45, 2.75) is 62.7 Å². The predicted molar refractivity (Wildman–Crippen MR) is 142 cm³/mol. The number of ether oxygens (including phenoxy) is 1. The largest absolute Gasteiger partial charge is 0.453 e. The second kappa shape index (κ2) is 11.2. The fourth-order valence-corrected chi connectivity index (χ4v) is 6.54. The summed E-state index contributed by atoms with van der Waals surface area (Å²) in [5, 5.41) is 18.0. The van der Waals surface area contributed by atoms with Gasteiger partial charge in [0, 0.05) is 24.8 Å². The Hall–Kier alpha value is -2.90. The average molecular weight is 507 g/mol. The number of nitrogens with zero attached hydrogens (tertiary/aromatic N) is 1. The molecule has 0 radical (unpaired) electrons. The molecule has 3 N–H and O–H groups in total. The molecule has 0 aromatic heterocycles. The highest BCUT2D eigenvalue weighted by Crippen LogP contribution is 2.38. The van der Waals surface area contributed by atoms with Crippen LogP contribution in [-0.2, 0) is 15.1 Å². The molecule has 3 heterocycles. The van der Waals surface area contributed by atoms with Crippen LogP contribution in [0.3, 0.4) is 0 Å². The normalized spacial score (nSPS) is 25.9. The molecule has 2 bridgehead atoms. The summed E-state index contributed by atoms with van der Waals surface area (Å²) in [7, 11) is 0. The van der Waals surface area contributed by atoms with Crippen molar-refractivity contribution in [3.63, 3.8) is 0 Å². The Morgan fingerprint density at radius 2 is 1.49 bits per heavy atom.